The number of hydrogen-bond acceptors (Lipinski definition) is 3. The quantitative estimate of drug-likeness (QED) is 0.854. The molecular weight excluding hydrogens is 333 g/mol. The van der Waals surface area contributed by atoms with Crippen LogP contribution in [-0.4, -0.2) is 7.11 Å². The molecule has 0 atom stereocenters. The SMILES string of the molecule is COc1cc(Cl)cc(CN)c1OCc1cc(Cl)ccc1Cl. The van der Waals surface area contributed by atoms with Crippen molar-refractivity contribution < 1.29 is 9.47 Å². The Morgan fingerprint density at radius 1 is 1.00 bits per heavy atom. The first-order valence-corrected chi connectivity index (χ1v) is 7.31. The number of rotatable bonds is 5. The van der Waals surface area contributed by atoms with Crippen molar-refractivity contribution in [2.75, 3.05) is 7.11 Å². The minimum absolute atomic E-state index is 0.254. The first kappa shape index (κ1) is 16.2. The molecule has 0 amide bonds. The van der Waals surface area contributed by atoms with Crippen molar-refractivity contribution in [3.05, 3.63) is 56.5 Å². The van der Waals surface area contributed by atoms with Crippen LogP contribution in [0, 0.1) is 0 Å². The summed E-state index contributed by atoms with van der Waals surface area (Å²) >= 11 is 18.1. The highest BCUT2D eigenvalue weighted by atomic mass is 35.5. The summed E-state index contributed by atoms with van der Waals surface area (Å²) < 4.78 is 11.1. The van der Waals surface area contributed by atoms with Gasteiger partial charge in [0, 0.05) is 38.8 Å². The lowest BCUT2D eigenvalue weighted by Crippen LogP contribution is -2.05. The largest absolute Gasteiger partial charge is 0.493 e. The summed E-state index contributed by atoms with van der Waals surface area (Å²) in [6, 6.07) is 8.64. The Morgan fingerprint density at radius 3 is 2.38 bits per heavy atom. The van der Waals surface area contributed by atoms with Crippen LogP contribution in [0.5, 0.6) is 11.5 Å². The van der Waals surface area contributed by atoms with Gasteiger partial charge in [-0.25, -0.2) is 0 Å². The van der Waals surface area contributed by atoms with Crippen molar-refractivity contribution in [1.29, 1.82) is 0 Å². The van der Waals surface area contributed by atoms with Gasteiger partial charge in [0.1, 0.15) is 6.61 Å². The van der Waals surface area contributed by atoms with Gasteiger partial charge in [-0.1, -0.05) is 34.8 Å². The van der Waals surface area contributed by atoms with E-state index in [2.05, 4.69) is 0 Å². The molecule has 2 rings (SSSR count). The van der Waals surface area contributed by atoms with Crippen LogP contribution in [0.15, 0.2) is 30.3 Å². The molecule has 0 unspecified atom stereocenters. The van der Waals surface area contributed by atoms with E-state index in [4.69, 9.17) is 50.0 Å². The topological polar surface area (TPSA) is 44.5 Å². The van der Waals surface area contributed by atoms with Gasteiger partial charge in [-0.2, -0.15) is 0 Å². The van der Waals surface area contributed by atoms with Gasteiger partial charge in [-0.15, -0.1) is 0 Å². The Hall–Kier alpha value is -1.13. The van der Waals surface area contributed by atoms with E-state index in [1.54, 1.807) is 37.4 Å². The molecule has 0 aliphatic heterocycles. The van der Waals surface area contributed by atoms with Crippen LogP contribution in [0.1, 0.15) is 11.1 Å². The maximum Gasteiger partial charge on any atom is 0.166 e. The first-order valence-electron chi connectivity index (χ1n) is 6.18. The minimum Gasteiger partial charge on any atom is -0.493 e. The predicted octanol–water partition coefficient (Wildman–Crippen LogP) is 4.69. The number of methoxy groups -OCH3 is 1. The molecule has 0 fully saturated rings. The highest BCUT2D eigenvalue weighted by Crippen LogP contribution is 2.35. The van der Waals surface area contributed by atoms with Gasteiger partial charge in [0.2, 0.25) is 0 Å². The summed E-state index contributed by atoms with van der Waals surface area (Å²) in [7, 11) is 1.55. The predicted molar refractivity (Wildman–Crippen MR) is 86.7 cm³/mol. The van der Waals surface area contributed by atoms with Crippen LogP contribution in [0.4, 0.5) is 0 Å². The molecule has 6 heteroatoms. The molecule has 2 aromatic carbocycles. The molecule has 21 heavy (non-hydrogen) atoms. The first-order chi connectivity index (χ1) is 10.0. The van der Waals surface area contributed by atoms with Crippen LogP contribution >= 0.6 is 34.8 Å². The zero-order chi connectivity index (χ0) is 15.4. The molecule has 0 bridgehead atoms. The molecule has 0 aliphatic rings. The maximum atomic E-state index is 6.12. The highest BCUT2D eigenvalue weighted by molar-refractivity contribution is 6.33. The van der Waals surface area contributed by atoms with E-state index in [1.807, 2.05) is 0 Å². The van der Waals surface area contributed by atoms with Gasteiger partial charge < -0.3 is 15.2 Å². The van der Waals surface area contributed by atoms with E-state index in [0.29, 0.717) is 26.6 Å². The molecule has 2 N–H and O–H groups in total. The van der Waals surface area contributed by atoms with E-state index in [0.717, 1.165) is 11.1 Å². The van der Waals surface area contributed by atoms with Crippen molar-refractivity contribution >= 4 is 34.8 Å². The van der Waals surface area contributed by atoms with Crippen molar-refractivity contribution in [1.82, 2.24) is 0 Å². The Kier molecular flexibility index (Phi) is 5.59. The zero-order valence-electron chi connectivity index (χ0n) is 11.3. The number of halogens is 3. The molecule has 3 nitrogen and oxygen atoms in total. The normalized spacial score (nSPS) is 10.5. The van der Waals surface area contributed by atoms with E-state index in [9.17, 15) is 0 Å². The Labute approximate surface area is 138 Å². The lowest BCUT2D eigenvalue weighted by Gasteiger charge is -2.15. The van der Waals surface area contributed by atoms with E-state index >= 15 is 0 Å². The third kappa shape index (κ3) is 3.95. The highest BCUT2D eigenvalue weighted by Gasteiger charge is 2.13. The summed E-state index contributed by atoms with van der Waals surface area (Å²) in [6.45, 7) is 0.542. The third-order valence-electron chi connectivity index (χ3n) is 2.92. The smallest absolute Gasteiger partial charge is 0.166 e. The summed E-state index contributed by atoms with van der Waals surface area (Å²) in [6.07, 6.45) is 0. The van der Waals surface area contributed by atoms with Crippen molar-refractivity contribution in [3.8, 4) is 11.5 Å². The van der Waals surface area contributed by atoms with Gasteiger partial charge in [0.15, 0.2) is 11.5 Å². The summed E-state index contributed by atoms with van der Waals surface area (Å²) in [5, 5.41) is 1.72. The molecular formula is C15H14Cl3NO2. The van der Waals surface area contributed by atoms with E-state index in [-0.39, 0.29) is 13.2 Å². The number of nitrogens with two attached hydrogens (primary N) is 1. The molecule has 0 radical (unpaired) electrons. The second-order valence-electron chi connectivity index (χ2n) is 4.32. The van der Waals surface area contributed by atoms with Crippen LogP contribution in [-0.2, 0) is 13.2 Å². The lowest BCUT2D eigenvalue weighted by molar-refractivity contribution is 0.281. The lowest BCUT2D eigenvalue weighted by atomic mass is 10.2. The second kappa shape index (κ2) is 7.23. The Balaban J connectivity index is 2.29. The Bertz CT molecular complexity index is 622. The van der Waals surface area contributed by atoms with Crippen LogP contribution < -0.4 is 15.2 Å². The van der Waals surface area contributed by atoms with Gasteiger partial charge in [0.25, 0.3) is 0 Å². The van der Waals surface area contributed by atoms with Crippen molar-refractivity contribution in [2.24, 2.45) is 5.73 Å². The monoisotopic (exact) mass is 345 g/mol. The third-order valence-corrected chi connectivity index (χ3v) is 3.74. The summed E-state index contributed by atoms with van der Waals surface area (Å²) in [5.41, 5.74) is 7.27. The summed E-state index contributed by atoms with van der Waals surface area (Å²) in [5.74, 6) is 1.08. The summed E-state index contributed by atoms with van der Waals surface area (Å²) in [4.78, 5) is 0. The number of benzene rings is 2. The fourth-order valence-corrected chi connectivity index (χ4v) is 2.49. The van der Waals surface area contributed by atoms with Gasteiger partial charge in [-0.3, -0.25) is 0 Å². The van der Waals surface area contributed by atoms with Crippen molar-refractivity contribution in [2.45, 2.75) is 13.2 Å². The van der Waals surface area contributed by atoms with Gasteiger partial charge in [-0.05, 0) is 24.3 Å². The van der Waals surface area contributed by atoms with Crippen LogP contribution in [0.3, 0.4) is 0 Å². The zero-order valence-corrected chi connectivity index (χ0v) is 13.6. The van der Waals surface area contributed by atoms with Crippen LogP contribution in [0.25, 0.3) is 0 Å². The Morgan fingerprint density at radius 2 is 1.71 bits per heavy atom. The molecule has 0 saturated carbocycles. The average molecular weight is 347 g/mol. The average Bonchev–Trinajstić information content (AvgIpc) is 2.48. The maximum absolute atomic E-state index is 6.12. The van der Waals surface area contributed by atoms with Crippen LogP contribution in [0.2, 0.25) is 15.1 Å². The molecule has 112 valence electrons. The molecule has 0 aliphatic carbocycles. The van der Waals surface area contributed by atoms with Gasteiger partial charge >= 0.3 is 0 Å². The van der Waals surface area contributed by atoms with E-state index in [1.165, 1.54) is 0 Å². The standard InChI is InChI=1S/C15H14Cl3NO2/c1-20-14-6-12(17)4-9(7-19)15(14)21-8-10-5-11(16)2-3-13(10)18/h2-6H,7-8,19H2,1H3. The fraction of sp³-hybridized carbons (Fsp3) is 0.200. The van der Waals surface area contributed by atoms with E-state index < -0.39 is 0 Å². The van der Waals surface area contributed by atoms with Crippen molar-refractivity contribution in [3.63, 3.8) is 0 Å². The molecule has 0 spiro atoms. The van der Waals surface area contributed by atoms with Gasteiger partial charge in [0.05, 0.1) is 7.11 Å². The molecule has 0 aromatic heterocycles. The molecule has 0 heterocycles. The molecule has 2 aromatic rings. The second-order valence-corrected chi connectivity index (χ2v) is 5.60. The molecule has 0 saturated heterocycles. The number of ether oxygens (including phenoxy) is 2. The fourth-order valence-electron chi connectivity index (χ4n) is 1.89. The minimum atomic E-state index is 0.254. The number of hydrogen-bond donors (Lipinski definition) is 1.